The Morgan fingerprint density at radius 2 is 1.49 bits per heavy atom. The van der Waals surface area contributed by atoms with E-state index in [2.05, 4.69) is 10.6 Å². The van der Waals surface area contributed by atoms with Gasteiger partial charge in [-0.3, -0.25) is 4.79 Å². The molecule has 0 saturated heterocycles. The number of halogens is 3. The predicted molar refractivity (Wildman–Crippen MR) is 152 cm³/mol. The molecule has 2 N–H and O–H groups in total. The minimum atomic E-state index is -0.0773. The van der Waals surface area contributed by atoms with Gasteiger partial charge in [-0.1, -0.05) is 46.9 Å². The first-order valence-corrected chi connectivity index (χ1v) is 14.4. The van der Waals surface area contributed by atoms with Crippen molar-refractivity contribution in [2.75, 3.05) is 13.1 Å². The van der Waals surface area contributed by atoms with Gasteiger partial charge in [0.1, 0.15) is 0 Å². The number of aromatic nitrogens is 1. The Balaban J connectivity index is 1.19. The molecule has 0 aliphatic heterocycles. The molecule has 37 heavy (non-hydrogen) atoms. The summed E-state index contributed by atoms with van der Waals surface area (Å²) >= 11 is 18.8. The molecule has 4 saturated carbocycles. The number of hydrogen-bond donors (Lipinski definition) is 2. The van der Waals surface area contributed by atoms with Gasteiger partial charge in [0.25, 0.3) is 5.91 Å². The fourth-order valence-corrected chi connectivity index (χ4v) is 8.08. The van der Waals surface area contributed by atoms with E-state index >= 15 is 0 Å². The number of carbonyl (C=O) groups excluding carboxylic acids is 1. The lowest BCUT2D eigenvalue weighted by Gasteiger charge is -2.54. The quantitative estimate of drug-likeness (QED) is 0.295. The van der Waals surface area contributed by atoms with Crippen LogP contribution >= 0.6 is 34.8 Å². The Kier molecular flexibility index (Phi) is 7.04. The highest BCUT2D eigenvalue weighted by atomic mass is 35.5. The van der Waals surface area contributed by atoms with Crippen LogP contribution in [0.1, 0.15) is 48.0 Å². The van der Waals surface area contributed by atoms with Crippen LogP contribution in [-0.2, 0) is 0 Å². The molecule has 0 radical (unpaired) electrons. The van der Waals surface area contributed by atoms with Crippen LogP contribution in [0.4, 0.5) is 0 Å². The number of hydrogen-bond acceptors (Lipinski definition) is 2. The molecule has 7 heteroatoms. The van der Waals surface area contributed by atoms with Crippen molar-refractivity contribution in [1.82, 2.24) is 15.2 Å². The summed E-state index contributed by atoms with van der Waals surface area (Å²) in [6.07, 6.45) is 8.92. The second-order valence-corrected chi connectivity index (χ2v) is 12.5. The standard InChI is InChI=1S/C30H32Cl3N3O/c1-17-27(30(37)35-7-6-34-28-21-9-18-8-19(11-21)12-22(28)10-18)16-36(26-14-24(32)13-25(33)15-26)29(17)20-2-4-23(31)5-3-20/h2-5,13-16,18-19,21-22,28,34H,6-12H2,1H3,(H,35,37). The van der Waals surface area contributed by atoms with E-state index in [4.69, 9.17) is 34.8 Å². The van der Waals surface area contributed by atoms with E-state index in [9.17, 15) is 4.79 Å². The normalized spacial score (nSPS) is 26.0. The van der Waals surface area contributed by atoms with Crippen molar-refractivity contribution in [3.8, 4) is 16.9 Å². The Morgan fingerprint density at radius 3 is 2.11 bits per heavy atom. The van der Waals surface area contributed by atoms with Crippen molar-refractivity contribution in [2.45, 2.75) is 45.1 Å². The summed E-state index contributed by atoms with van der Waals surface area (Å²) in [5.74, 6) is 3.52. The van der Waals surface area contributed by atoms with Crippen LogP contribution in [0.5, 0.6) is 0 Å². The summed E-state index contributed by atoms with van der Waals surface area (Å²) in [5, 5.41) is 8.70. The maximum Gasteiger partial charge on any atom is 0.253 e. The Bertz CT molecular complexity index is 1270. The van der Waals surface area contributed by atoms with Gasteiger partial charge in [-0.2, -0.15) is 0 Å². The molecule has 2 aromatic carbocycles. The fraction of sp³-hybridized carbons (Fsp3) is 0.433. The van der Waals surface area contributed by atoms with Crippen molar-refractivity contribution in [1.29, 1.82) is 0 Å². The van der Waals surface area contributed by atoms with Gasteiger partial charge in [-0.25, -0.2) is 0 Å². The van der Waals surface area contributed by atoms with Crippen LogP contribution in [0.2, 0.25) is 15.1 Å². The summed E-state index contributed by atoms with van der Waals surface area (Å²) in [6, 6.07) is 13.7. The first-order valence-electron chi connectivity index (χ1n) is 13.3. The molecular formula is C30H32Cl3N3O. The molecule has 3 aromatic rings. The van der Waals surface area contributed by atoms with Crippen LogP contribution in [0.3, 0.4) is 0 Å². The van der Waals surface area contributed by atoms with Crippen LogP contribution in [0.15, 0.2) is 48.7 Å². The molecule has 4 fully saturated rings. The molecule has 7 rings (SSSR count). The molecular weight excluding hydrogens is 525 g/mol. The van der Waals surface area contributed by atoms with Gasteiger partial charge in [0.2, 0.25) is 0 Å². The molecule has 0 spiro atoms. The van der Waals surface area contributed by atoms with Crippen molar-refractivity contribution < 1.29 is 4.79 Å². The smallest absolute Gasteiger partial charge is 0.253 e. The predicted octanol–water partition coefficient (Wildman–Crippen LogP) is 7.56. The number of nitrogens with one attached hydrogen (secondary N) is 2. The van der Waals surface area contributed by atoms with E-state index in [1.165, 1.54) is 32.1 Å². The number of nitrogens with zero attached hydrogens (tertiary/aromatic N) is 1. The van der Waals surface area contributed by atoms with Crippen molar-refractivity contribution in [2.24, 2.45) is 23.7 Å². The second-order valence-electron chi connectivity index (χ2n) is 11.2. The van der Waals surface area contributed by atoms with Crippen molar-refractivity contribution >= 4 is 40.7 Å². The molecule has 1 amide bonds. The first kappa shape index (κ1) is 25.3. The molecule has 4 aliphatic rings. The van der Waals surface area contributed by atoms with Gasteiger partial charge in [-0.15, -0.1) is 0 Å². The number of rotatable bonds is 7. The molecule has 4 aliphatic carbocycles. The Labute approximate surface area is 233 Å². The highest BCUT2D eigenvalue weighted by molar-refractivity contribution is 6.35. The second kappa shape index (κ2) is 10.3. The molecule has 4 nitrogen and oxygen atoms in total. The van der Waals surface area contributed by atoms with Gasteiger partial charge in [0.05, 0.1) is 11.3 Å². The van der Waals surface area contributed by atoms with Gasteiger partial charge < -0.3 is 15.2 Å². The third-order valence-corrected chi connectivity index (χ3v) is 9.45. The minimum absolute atomic E-state index is 0.0773. The zero-order valence-electron chi connectivity index (χ0n) is 20.9. The summed E-state index contributed by atoms with van der Waals surface area (Å²) in [6.45, 7) is 3.38. The van der Waals surface area contributed by atoms with E-state index in [1.807, 2.05) is 54.1 Å². The largest absolute Gasteiger partial charge is 0.351 e. The van der Waals surface area contributed by atoms with E-state index < -0.39 is 0 Å². The van der Waals surface area contributed by atoms with Crippen molar-refractivity contribution in [3.05, 3.63) is 74.9 Å². The number of amides is 1. The van der Waals surface area contributed by atoms with Crippen LogP contribution < -0.4 is 10.6 Å². The van der Waals surface area contributed by atoms with Crippen LogP contribution in [-0.4, -0.2) is 29.6 Å². The average molecular weight is 557 g/mol. The van der Waals surface area contributed by atoms with E-state index in [-0.39, 0.29) is 5.91 Å². The summed E-state index contributed by atoms with van der Waals surface area (Å²) in [5.41, 5.74) is 4.20. The first-order chi connectivity index (χ1) is 17.9. The molecule has 4 bridgehead atoms. The lowest BCUT2D eigenvalue weighted by Crippen LogP contribution is -2.55. The zero-order valence-corrected chi connectivity index (χ0v) is 23.2. The third-order valence-electron chi connectivity index (χ3n) is 8.76. The fourth-order valence-electron chi connectivity index (χ4n) is 7.44. The lowest BCUT2D eigenvalue weighted by molar-refractivity contribution is -0.0133. The third kappa shape index (κ3) is 5.06. The van der Waals surface area contributed by atoms with E-state index in [1.54, 1.807) is 6.07 Å². The Morgan fingerprint density at radius 1 is 0.865 bits per heavy atom. The maximum atomic E-state index is 13.4. The monoisotopic (exact) mass is 555 g/mol. The molecule has 0 unspecified atom stereocenters. The summed E-state index contributed by atoms with van der Waals surface area (Å²) < 4.78 is 1.98. The van der Waals surface area contributed by atoms with Crippen LogP contribution in [0, 0.1) is 30.6 Å². The lowest BCUT2D eigenvalue weighted by atomic mass is 9.54. The van der Waals surface area contributed by atoms with E-state index in [0.717, 1.165) is 52.7 Å². The summed E-state index contributed by atoms with van der Waals surface area (Å²) in [4.78, 5) is 13.4. The summed E-state index contributed by atoms with van der Waals surface area (Å²) in [7, 11) is 0. The minimum Gasteiger partial charge on any atom is -0.351 e. The highest BCUT2D eigenvalue weighted by Crippen LogP contribution is 2.53. The SMILES string of the molecule is Cc1c(C(=O)NCCNC2C3CC4CC(C3)CC2C4)cn(-c2cc(Cl)cc(Cl)c2)c1-c1ccc(Cl)cc1. The molecule has 1 heterocycles. The maximum absolute atomic E-state index is 13.4. The Hall–Kier alpha value is -1.98. The van der Waals surface area contributed by atoms with Gasteiger partial charge in [-0.05, 0) is 104 Å². The molecule has 1 aromatic heterocycles. The number of carbonyl (C=O) groups is 1. The topological polar surface area (TPSA) is 46.1 Å². The highest BCUT2D eigenvalue weighted by Gasteiger charge is 2.47. The van der Waals surface area contributed by atoms with Gasteiger partial charge in [0.15, 0.2) is 0 Å². The zero-order chi connectivity index (χ0) is 25.7. The number of benzene rings is 2. The molecule has 0 atom stereocenters. The van der Waals surface area contributed by atoms with Crippen LogP contribution in [0.25, 0.3) is 16.9 Å². The molecule has 194 valence electrons. The van der Waals surface area contributed by atoms with Crippen molar-refractivity contribution in [3.63, 3.8) is 0 Å². The van der Waals surface area contributed by atoms with Gasteiger partial charge in [0, 0.05) is 46.1 Å². The average Bonchev–Trinajstić information content (AvgIpc) is 3.19. The van der Waals surface area contributed by atoms with E-state index in [0.29, 0.717) is 33.2 Å². The van der Waals surface area contributed by atoms with Gasteiger partial charge >= 0.3 is 0 Å².